The van der Waals surface area contributed by atoms with Gasteiger partial charge in [0, 0.05) is 18.8 Å². The molecule has 0 saturated heterocycles. The normalized spacial score (nSPS) is 27.1. The number of para-hydroxylation sites is 1. The third kappa shape index (κ3) is 3.58. The Bertz CT molecular complexity index is 715. The van der Waals surface area contributed by atoms with Gasteiger partial charge in [-0.25, -0.2) is 4.68 Å². The maximum absolute atomic E-state index is 12.5. The van der Waals surface area contributed by atoms with E-state index in [2.05, 4.69) is 10.4 Å². The van der Waals surface area contributed by atoms with Crippen LogP contribution < -0.4 is 11.1 Å². The summed E-state index contributed by atoms with van der Waals surface area (Å²) in [5, 5.41) is 7.47. The summed E-state index contributed by atoms with van der Waals surface area (Å²) in [7, 11) is 0. The first-order valence-electron chi connectivity index (χ1n) is 8.84. The van der Waals surface area contributed by atoms with Gasteiger partial charge in [0.15, 0.2) is 0 Å². The van der Waals surface area contributed by atoms with Crippen LogP contribution in [0.1, 0.15) is 24.8 Å². The van der Waals surface area contributed by atoms with Gasteiger partial charge in [-0.3, -0.25) is 4.79 Å². The molecular formula is C19H25ClN4O. The summed E-state index contributed by atoms with van der Waals surface area (Å²) < 4.78 is 1.86. The van der Waals surface area contributed by atoms with Crippen LogP contribution in [0.15, 0.2) is 42.7 Å². The van der Waals surface area contributed by atoms with Crippen molar-refractivity contribution < 1.29 is 4.79 Å². The highest BCUT2D eigenvalue weighted by Crippen LogP contribution is 2.47. The van der Waals surface area contributed by atoms with Gasteiger partial charge in [-0.2, -0.15) is 5.10 Å². The zero-order valence-electron chi connectivity index (χ0n) is 14.2. The van der Waals surface area contributed by atoms with Crippen molar-refractivity contribution in [2.75, 3.05) is 6.54 Å². The number of rotatable bonds is 5. The van der Waals surface area contributed by atoms with Crippen molar-refractivity contribution in [3.05, 3.63) is 48.3 Å². The van der Waals surface area contributed by atoms with Crippen LogP contribution in [0.5, 0.6) is 0 Å². The summed E-state index contributed by atoms with van der Waals surface area (Å²) in [6.45, 7) is 0.639. The second-order valence-electron chi connectivity index (χ2n) is 7.11. The molecule has 2 aromatic rings. The highest BCUT2D eigenvalue weighted by atomic mass is 35.5. The monoisotopic (exact) mass is 360 g/mol. The maximum Gasteiger partial charge on any atom is 0.224 e. The fraction of sp³-hybridized carbons (Fsp3) is 0.474. The van der Waals surface area contributed by atoms with Crippen molar-refractivity contribution >= 4 is 18.3 Å². The van der Waals surface area contributed by atoms with Gasteiger partial charge < -0.3 is 11.1 Å². The summed E-state index contributed by atoms with van der Waals surface area (Å²) in [6.07, 6.45) is 8.18. The Labute approximate surface area is 154 Å². The molecule has 2 bridgehead atoms. The number of benzene rings is 1. The smallest absolute Gasteiger partial charge is 0.224 e. The third-order valence-electron chi connectivity index (χ3n) is 5.65. The van der Waals surface area contributed by atoms with Crippen molar-refractivity contribution in [2.45, 2.75) is 31.7 Å². The Morgan fingerprint density at radius 1 is 1.24 bits per heavy atom. The number of fused-ring (bicyclic) bond motifs is 2. The first kappa shape index (κ1) is 18.0. The van der Waals surface area contributed by atoms with Crippen LogP contribution in [-0.4, -0.2) is 28.3 Å². The number of hydrogen-bond donors (Lipinski definition) is 2. The molecule has 1 aromatic heterocycles. The number of halogens is 1. The van der Waals surface area contributed by atoms with E-state index in [9.17, 15) is 4.79 Å². The van der Waals surface area contributed by atoms with Gasteiger partial charge in [-0.05, 0) is 55.2 Å². The molecule has 6 heteroatoms. The molecule has 25 heavy (non-hydrogen) atoms. The summed E-state index contributed by atoms with van der Waals surface area (Å²) in [4.78, 5) is 12.5. The molecule has 1 amide bonds. The minimum Gasteiger partial charge on any atom is -0.355 e. The molecule has 0 aliphatic heterocycles. The Morgan fingerprint density at radius 2 is 2.00 bits per heavy atom. The minimum atomic E-state index is 0. The zero-order valence-corrected chi connectivity index (χ0v) is 15.0. The number of carbonyl (C=O) groups is 1. The second kappa shape index (κ2) is 7.58. The fourth-order valence-corrected chi connectivity index (χ4v) is 4.38. The number of carbonyl (C=O) groups excluding carboxylic acids is 1. The van der Waals surface area contributed by atoms with Gasteiger partial charge in [0.25, 0.3) is 0 Å². The van der Waals surface area contributed by atoms with Gasteiger partial charge in [-0.1, -0.05) is 18.2 Å². The molecule has 2 aliphatic carbocycles. The molecule has 0 spiro atoms. The maximum atomic E-state index is 12.5. The molecule has 134 valence electrons. The molecule has 1 aromatic carbocycles. The Balaban J connectivity index is 0.00000182. The van der Waals surface area contributed by atoms with Crippen molar-refractivity contribution in [1.82, 2.24) is 15.1 Å². The second-order valence-corrected chi connectivity index (χ2v) is 7.11. The Kier molecular flexibility index (Phi) is 5.45. The molecule has 2 fully saturated rings. The molecule has 0 radical (unpaired) electrons. The number of nitrogens with one attached hydrogen (secondary N) is 1. The summed E-state index contributed by atoms with van der Waals surface area (Å²) in [6, 6.07) is 10.1. The lowest BCUT2D eigenvalue weighted by molar-refractivity contribution is -0.127. The van der Waals surface area contributed by atoms with Crippen molar-refractivity contribution in [3.63, 3.8) is 0 Å². The molecule has 2 aliphatic rings. The van der Waals surface area contributed by atoms with Crippen LogP contribution in [0, 0.1) is 17.8 Å². The van der Waals surface area contributed by atoms with Crippen molar-refractivity contribution in [3.8, 4) is 5.69 Å². The molecule has 3 N–H and O–H groups in total. The van der Waals surface area contributed by atoms with Gasteiger partial charge in [0.1, 0.15) is 0 Å². The highest BCUT2D eigenvalue weighted by Gasteiger charge is 2.48. The number of nitrogens with zero attached hydrogens (tertiary/aromatic N) is 2. The Hall–Kier alpha value is -1.85. The van der Waals surface area contributed by atoms with Crippen LogP contribution in [0.2, 0.25) is 0 Å². The standard InChI is InChI=1S/C19H24N4O.ClH/c20-18-15-7-6-14(10-15)17(18)19(24)21-9-8-13-11-22-23(12-13)16-4-2-1-3-5-16;/h1-5,11-12,14-15,17-18H,6-10,20H2,(H,21,24);1H. The van der Waals surface area contributed by atoms with Gasteiger partial charge >= 0.3 is 0 Å². The number of amides is 1. The fourth-order valence-electron chi connectivity index (χ4n) is 4.38. The lowest BCUT2D eigenvalue weighted by atomic mass is 9.84. The number of nitrogens with two attached hydrogens (primary N) is 1. The predicted octanol–water partition coefficient (Wildman–Crippen LogP) is 2.33. The zero-order chi connectivity index (χ0) is 16.5. The van der Waals surface area contributed by atoms with Crippen LogP contribution in [0.3, 0.4) is 0 Å². The van der Waals surface area contributed by atoms with E-state index < -0.39 is 0 Å². The van der Waals surface area contributed by atoms with Gasteiger partial charge in [0.05, 0.1) is 17.8 Å². The first-order valence-corrected chi connectivity index (χ1v) is 8.84. The SMILES string of the molecule is Cl.NC1C2CCC(C2)C1C(=O)NCCc1cnn(-c2ccccc2)c1. The lowest BCUT2D eigenvalue weighted by Gasteiger charge is -2.26. The van der Waals surface area contributed by atoms with E-state index in [0.717, 1.165) is 24.1 Å². The predicted molar refractivity (Wildman–Crippen MR) is 99.8 cm³/mol. The van der Waals surface area contributed by atoms with E-state index in [1.54, 1.807) is 0 Å². The summed E-state index contributed by atoms with van der Waals surface area (Å²) in [5.41, 5.74) is 8.41. The minimum absolute atomic E-state index is 0. The molecule has 4 atom stereocenters. The largest absolute Gasteiger partial charge is 0.355 e. The Morgan fingerprint density at radius 3 is 2.72 bits per heavy atom. The van der Waals surface area contributed by atoms with Crippen molar-refractivity contribution in [2.24, 2.45) is 23.5 Å². The topological polar surface area (TPSA) is 72.9 Å². The third-order valence-corrected chi connectivity index (χ3v) is 5.65. The van der Waals surface area contributed by atoms with Crippen LogP contribution in [0.4, 0.5) is 0 Å². The number of hydrogen-bond acceptors (Lipinski definition) is 3. The van der Waals surface area contributed by atoms with E-state index in [0.29, 0.717) is 18.4 Å². The van der Waals surface area contributed by atoms with E-state index in [1.807, 2.05) is 47.4 Å². The average Bonchev–Trinajstić information content (AvgIpc) is 3.31. The quantitative estimate of drug-likeness (QED) is 0.859. The van der Waals surface area contributed by atoms with Crippen LogP contribution in [0.25, 0.3) is 5.69 Å². The van der Waals surface area contributed by atoms with E-state index >= 15 is 0 Å². The molecule has 4 unspecified atom stereocenters. The van der Waals surface area contributed by atoms with E-state index in [4.69, 9.17) is 5.73 Å². The van der Waals surface area contributed by atoms with Crippen molar-refractivity contribution in [1.29, 1.82) is 0 Å². The number of aromatic nitrogens is 2. The molecule has 5 nitrogen and oxygen atoms in total. The first-order chi connectivity index (χ1) is 11.7. The summed E-state index contributed by atoms with van der Waals surface area (Å²) in [5.74, 6) is 1.24. The lowest BCUT2D eigenvalue weighted by Crippen LogP contribution is -2.45. The highest BCUT2D eigenvalue weighted by molar-refractivity contribution is 5.85. The van der Waals surface area contributed by atoms with Gasteiger partial charge in [0.2, 0.25) is 5.91 Å². The molecular weight excluding hydrogens is 336 g/mol. The average molecular weight is 361 g/mol. The molecule has 4 rings (SSSR count). The molecule has 1 heterocycles. The van der Waals surface area contributed by atoms with E-state index in [-0.39, 0.29) is 30.3 Å². The van der Waals surface area contributed by atoms with Crippen LogP contribution >= 0.6 is 12.4 Å². The van der Waals surface area contributed by atoms with E-state index in [1.165, 1.54) is 12.8 Å². The van der Waals surface area contributed by atoms with Gasteiger partial charge in [-0.15, -0.1) is 12.4 Å². The molecule has 2 saturated carbocycles. The van der Waals surface area contributed by atoms with Crippen LogP contribution in [-0.2, 0) is 11.2 Å². The summed E-state index contributed by atoms with van der Waals surface area (Å²) >= 11 is 0.